The van der Waals surface area contributed by atoms with Gasteiger partial charge in [0.05, 0.1) is 6.10 Å². The van der Waals surface area contributed by atoms with Gasteiger partial charge in [-0.3, -0.25) is 4.79 Å². The van der Waals surface area contributed by atoms with Gasteiger partial charge in [0.2, 0.25) is 0 Å². The molecular weight excluding hydrogens is 280 g/mol. The van der Waals surface area contributed by atoms with Gasteiger partial charge in [-0.25, -0.2) is 0 Å². The fraction of sp³-hybridized carbons (Fsp3) is 0.944. The van der Waals surface area contributed by atoms with Crippen molar-refractivity contribution in [2.45, 2.75) is 71.5 Å². The lowest BCUT2D eigenvalue weighted by atomic mass is 9.80. The number of rotatable bonds is 4. The molecule has 0 aromatic carbocycles. The zero-order valence-corrected chi connectivity index (χ0v) is 14.5. The Kier molecular flexibility index (Phi) is 6.69. The van der Waals surface area contributed by atoms with Gasteiger partial charge < -0.3 is 14.2 Å². The Labute approximate surface area is 134 Å². The van der Waals surface area contributed by atoms with Gasteiger partial charge >= 0.3 is 5.97 Å². The van der Waals surface area contributed by atoms with Gasteiger partial charge in [0.25, 0.3) is 0 Å². The smallest absolute Gasteiger partial charge is 0.302 e. The van der Waals surface area contributed by atoms with E-state index in [1.54, 1.807) is 7.11 Å². The lowest BCUT2D eigenvalue weighted by Crippen LogP contribution is -2.34. The highest BCUT2D eigenvalue weighted by Gasteiger charge is 2.41. The molecule has 0 heterocycles. The van der Waals surface area contributed by atoms with Crippen LogP contribution in [0.1, 0.15) is 59.3 Å². The first-order valence-electron chi connectivity index (χ1n) is 8.79. The first-order chi connectivity index (χ1) is 10.5. The molecule has 4 nitrogen and oxygen atoms in total. The third kappa shape index (κ3) is 4.69. The molecular formula is C18H32O4. The highest BCUT2D eigenvalue weighted by molar-refractivity contribution is 5.66. The number of esters is 1. The zero-order valence-electron chi connectivity index (χ0n) is 14.5. The van der Waals surface area contributed by atoms with Crippen LogP contribution in [-0.4, -0.2) is 32.1 Å². The lowest BCUT2D eigenvalue weighted by molar-refractivity contribution is -0.150. The van der Waals surface area contributed by atoms with E-state index in [9.17, 15) is 4.79 Å². The second kappa shape index (κ2) is 8.30. The Balaban J connectivity index is 2.11. The molecule has 6 atom stereocenters. The van der Waals surface area contributed by atoms with Crippen molar-refractivity contribution >= 4 is 5.97 Å². The monoisotopic (exact) mass is 312 g/mol. The summed E-state index contributed by atoms with van der Waals surface area (Å²) in [4.78, 5) is 11.4. The van der Waals surface area contributed by atoms with Crippen molar-refractivity contribution in [3.8, 4) is 0 Å². The van der Waals surface area contributed by atoms with Crippen molar-refractivity contribution in [1.82, 2.24) is 0 Å². The molecule has 2 fully saturated rings. The average molecular weight is 312 g/mol. The first kappa shape index (κ1) is 17.7. The summed E-state index contributed by atoms with van der Waals surface area (Å²) in [6, 6.07) is 0. The fourth-order valence-corrected chi connectivity index (χ4v) is 4.44. The molecule has 2 rings (SSSR count). The lowest BCUT2D eigenvalue weighted by Gasteiger charge is -2.33. The van der Waals surface area contributed by atoms with Gasteiger partial charge in [0, 0.05) is 14.0 Å². The van der Waals surface area contributed by atoms with Crippen LogP contribution in [0.4, 0.5) is 0 Å². The van der Waals surface area contributed by atoms with Crippen molar-refractivity contribution in [1.29, 1.82) is 0 Å². The standard InChI is InChI=1S/C18H32O4/c1-12-5-6-13(2)17-8-7-15(18(17)21-11-20-4)10-16(9-12)22-14(3)19/h12-13,15-18H,5-11H2,1-4H3/t12-,13?,15?,16+,17?,18+/m0/s1. The summed E-state index contributed by atoms with van der Waals surface area (Å²) < 4.78 is 16.8. The number of hydrogen-bond acceptors (Lipinski definition) is 4. The molecule has 128 valence electrons. The molecule has 0 N–H and O–H groups in total. The van der Waals surface area contributed by atoms with Gasteiger partial charge in [0.15, 0.2) is 0 Å². The summed E-state index contributed by atoms with van der Waals surface area (Å²) >= 11 is 0. The predicted octanol–water partition coefficient (Wildman–Crippen LogP) is 3.78. The Hall–Kier alpha value is -0.610. The van der Waals surface area contributed by atoms with Gasteiger partial charge in [-0.05, 0) is 49.4 Å². The molecule has 2 bridgehead atoms. The topological polar surface area (TPSA) is 44.8 Å². The zero-order chi connectivity index (χ0) is 16.1. The van der Waals surface area contributed by atoms with E-state index in [0.717, 1.165) is 12.8 Å². The van der Waals surface area contributed by atoms with Gasteiger partial charge in [0.1, 0.15) is 12.9 Å². The minimum absolute atomic E-state index is 0.0401. The summed E-state index contributed by atoms with van der Waals surface area (Å²) in [6.07, 6.45) is 7.04. The highest BCUT2D eigenvalue weighted by atomic mass is 16.7. The molecule has 0 saturated heterocycles. The molecule has 0 radical (unpaired) electrons. The molecule has 0 aliphatic heterocycles. The SMILES string of the molecule is COCO[C@@H]1C2CCC1C(C)CC[C@H](C)C[C@@H](OC(C)=O)C2. The van der Waals surface area contributed by atoms with Crippen LogP contribution in [0, 0.1) is 23.7 Å². The van der Waals surface area contributed by atoms with E-state index in [2.05, 4.69) is 13.8 Å². The molecule has 0 amide bonds. The van der Waals surface area contributed by atoms with Crippen molar-refractivity contribution < 1.29 is 19.0 Å². The number of hydrogen-bond donors (Lipinski definition) is 0. The molecule has 0 aromatic heterocycles. The minimum atomic E-state index is -0.161. The molecule has 0 aromatic rings. The predicted molar refractivity (Wildman–Crippen MR) is 85.3 cm³/mol. The molecule has 0 spiro atoms. The van der Waals surface area contributed by atoms with Crippen LogP contribution in [0.2, 0.25) is 0 Å². The van der Waals surface area contributed by atoms with Crippen LogP contribution in [0.15, 0.2) is 0 Å². The maximum absolute atomic E-state index is 11.4. The van der Waals surface area contributed by atoms with Crippen LogP contribution < -0.4 is 0 Å². The molecule has 2 saturated carbocycles. The Bertz CT molecular complexity index is 357. The third-order valence-electron chi connectivity index (χ3n) is 5.54. The van der Waals surface area contributed by atoms with E-state index in [-0.39, 0.29) is 18.2 Å². The molecule has 4 heteroatoms. The van der Waals surface area contributed by atoms with Crippen molar-refractivity contribution in [3.63, 3.8) is 0 Å². The summed E-state index contributed by atoms with van der Waals surface area (Å²) in [5.41, 5.74) is 0. The summed E-state index contributed by atoms with van der Waals surface area (Å²) in [5.74, 6) is 2.24. The van der Waals surface area contributed by atoms with Gasteiger partial charge in [-0.15, -0.1) is 0 Å². The fourth-order valence-electron chi connectivity index (χ4n) is 4.44. The Morgan fingerprint density at radius 3 is 2.55 bits per heavy atom. The van der Waals surface area contributed by atoms with E-state index < -0.39 is 0 Å². The second-order valence-electron chi connectivity index (χ2n) is 7.40. The minimum Gasteiger partial charge on any atom is -0.463 e. The summed E-state index contributed by atoms with van der Waals surface area (Å²) in [5, 5.41) is 0. The maximum Gasteiger partial charge on any atom is 0.302 e. The Morgan fingerprint density at radius 1 is 1.09 bits per heavy atom. The van der Waals surface area contributed by atoms with E-state index in [0.29, 0.717) is 30.5 Å². The highest BCUT2D eigenvalue weighted by Crippen LogP contribution is 2.44. The summed E-state index contributed by atoms with van der Waals surface area (Å²) in [6.45, 7) is 6.53. The Morgan fingerprint density at radius 2 is 1.86 bits per heavy atom. The molecule has 2 aliphatic rings. The second-order valence-corrected chi connectivity index (χ2v) is 7.40. The normalized spacial score (nSPS) is 39.5. The largest absolute Gasteiger partial charge is 0.463 e. The van der Waals surface area contributed by atoms with E-state index in [4.69, 9.17) is 14.2 Å². The average Bonchev–Trinajstić information content (AvgIpc) is 2.83. The van der Waals surface area contributed by atoms with Crippen molar-refractivity contribution in [2.75, 3.05) is 13.9 Å². The van der Waals surface area contributed by atoms with E-state index in [1.807, 2.05) is 0 Å². The molecule has 3 unspecified atom stereocenters. The number of carbonyl (C=O) groups is 1. The third-order valence-corrected chi connectivity index (χ3v) is 5.54. The van der Waals surface area contributed by atoms with Crippen LogP contribution in [0.3, 0.4) is 0 Å². The molecule has 22 heavy (non-hydrogen) atoms. The first-order valence-corrected chi connectivity index (χ1v) is 8.79. The number of fused-ring (bicyclic) bond motifs is 2. The van der Waals surface area contributed by atoms with Crippen molar-refractivity contribution in [3.05, 3.63) is 0 Å². The van der Waals surface area contributed by atoms with Gasteiger partial charge in [-0.2, -0.15) is 0 Å². The quantitative estimate of drug-likeness (QED) is 0.585. The van der Waals surface area contributed by atoms with Crippen molar-refractivity contribution in [2.24, 2.45) is 23.7 Å². The van der Waals surface area contributed by atoms with Crippen LogP contribution in [-0.2, 0) is 19.0 Å². The van der Waals surface area contributed by atoms with E-state index in [1.165, 1.54) is 32.6 Å². The number of carbonyl (C=O) groups excluding carboxylic acids is 1. The van der Waals surface area contributed by atoms with Crippen LogP contribution in [0.5, 0.6) is 0 Å². The van der Waals surface area contributed by atoms with Crippen LogP contribution in [0.25, 0.3) is 0 Å². The number of ether oxygens (including phenoxy) is 3. The van der Waals surface area contributed by atoms with E-state index >= 15 is 0 Å². The maximum atomic E-state index is 11.4. The van der Waals surface area contributed by atoms with Crippen LogP contribution >= 0.6 is 0 Å². The van der Waals surface area contributed by atoms with Gasteiger partial charge in [-0.1, -0.05) is 26.7 Å². The summed E-state index contributed by atoms with van der Waals surface area (Å²) in [7, 11) is 1.68. The molecule has 2 aliphatic carbocycles. The number of methoxy groups -OCH3 is 1.